The maximum absolute atomic E-state index is 13.4. The number of ether oxygens (including phenoxy) is 1. The number of hydrazine groups is 1. The molecular formula is C31H27N7O2. The van der Waals surface area contributed by atoms with Crippen LogP contribution in [0.3, 0.4) is 0 Å². The predicted octanol–water partition coefficient (Wildman–Crippen LogP) is 5.82. The Labute approximate surface area is 231 Å². The van der Waals surface area contributed by atoms with Crippen LogP contribution < -0.4 is 15.1 Å². The first-order chi connectivity index (χ1) is 19.5. The largest absolute Gasteiger partial charge is 0.497 e. The third-order valence-electron chi connectivity index (χ3n) is 6.58. The first kappa shape index (κ1) is 25.0. The van der Waals surface area contributed by atoms with Gasteiger partial charge in [0.2, 0.25) is 0 Å². The number of fused-ring (bicyclic) bond motifs is 3. The van der Waals surface area contributed by atoms with E-state index in [-0.39, 0.29) is 5.91 Å². The molecule has 0 saturated carbocycles. The molecule has 9 heteroatoms. The molecule has 0 aliphatic heterocycles. The molecule has 0 unspecified atom stereocenters. The van der Waals surface area contributed by atoms with Gasteiger partial charge in [-0.25, -0.2) is 10.0 Å². The van der Waals surface area contributed by atoms with E-state index in [0.717, 1.165) is 33.5 Å². The van der Waals surface area contributed by atoms with Crippen molar-refractivity contribution in [1.29, 1.82) is 0 Å². The molecular weight excluding hydrogens is 502 g/mol. The lowest BCUT2D eigenvalue weighted by Gasteiger charge is -2.29. The maximum atomic E-state index is 13.4. The Hall–Kier alpha value is -5.28. The fraction of sp³-hybridized carbons (Fsp3) is 0.0968. The SMILES string of the molecule is COc1ccc(-c2nnc3c4ccccc4c(Nc4cccc(N(C(=O)c5ccccc5)N(C)C)c4)nn23)cc1. The monoisotopic (exact) mass is 529 g/mol. The van der Waals surface area contributed by atoms with Crippen molar-refractivity contribution in [3.05, 3.63) is 109 Å². The van der Waals surface area contributed by atoms with E-state index in [1.807, 2.05) is 117 Å². The zero-order valence-electron chi connectivity index (χ0n) is 22.3. The Morgan fingerprint density at radius 2 is 1.55 bits per heavy atom. The normalized spacial score (nSPS) is 11.2. The minimum atomic E-state index is -0.124. The van der Waals surface area contributed by atoms with Gasteiger partial charge < -0.3 is 10.1 Å². The highest BCUT2D eigenvalue weighted by Crippen LogP contribution is 2.31. The number of nitrogens with zero attached hydrogens (tertiary/aromatic N) is 6. The number of anilines is 3. The molecule has 9 nitrogen and oxygen atoms in total. The highest BCUT2D eigenvalue weighted by molar-refractivity contribution is 6.06. The lowest BCUT2D eigenvalue weighted by Crippen LogP contribution is -2.42. The van der Waals surface area contributed by atoms with Crippen molar-refractivity contribution in [3.8, 4) is 17.1 Å². The fourth-order valence-corrected chi connectivity index (χ4v) is 4.68. The molecule has 2 heterocycles. The number of hydrogen-bond acceptors (Lipinski definition) is 7. The Bertz CT molecular complexity index is 1820. The van der Waals surface area contributed by atoms with E-state index >= 15 is 0 Å². The molecule has 1 amide bonds. The molecule has 198 valence electrons. The molecule has 2 aromatic heterocycles. The number of methoxy groups -OCH3 is 1. The van der Waals surface area contributed by atoms with E-state index < -0.39 is 0 Å². The molecule has 0 saturated heterocycles. The van der Waals surface area contributed by atoms with Gasteiger partial charge in [0.25, 0.3) is 5.91 Å². The number of rotatable bonds is 7. The van der Waals surface area contributed by atoms with Gasteiger partial charge in [-0.05, 0) is 54.6 Å². The lowest BCUT2D eigenvalue weighted by atomic mass is 10.1. The van der Waals surface area contributed by atoms with Crippen LogP contribution in [0.5, 0.6) is 5.75 Å². The molecule has 0 aliphatic rings. The van der Waals surface area contributed by atoms with Crippen molar-refractivity contribution in [2.45, 2.75) is 0 Å². The molecule has 0 radical (unpaired) electrons. The molecule has 40 heavy (non-hydrogen) atoms. The zero-order valence-corrected chi connectivity index (χ0v) is 22.3. The van der Waals surface area contributed by atoms with Gasteiger partial charge in [0.15, 0.2) is 17.3 Å². The van der Waals surface area contributed by atoms with Crippen molar-refractivity contribution in [2.75, 3.05) is 31.5 Å². The highest BCUT2D eigenvalue weighted by Gasteiger charge is 2.21. The Kier molecular flexibility index (Phi) is 6.55. The zero-order chi connectivity index (χ0) is 27.6. The van der Waals surface area contributed by atoms with Gasteiger partial charge in [0.1, 0.15) is 5.75 Å². The van der Waals surface area contributed by atoms with E-state index in [1.165, 1.54) is 0 Å². The van der Waals surface area contributed by atoms with Gasteiger partial charge >= 0.3 is 0 Å². The Balaban J connectivity index is 1.41. The van der Waals surface area contributed by atoms with Gasteiger partial charge in [-0.1, -0.05) is 48.5 Å². The summed E-state index contributed by atoms with van der Waals surface area (Å²) in [6.07, 6.45) is 0. The molecule has 0 atom stereocenters. The minimum Gasteiger partial charge on any atom is -0.497 e. The summed E-state index contributed by atoms with van der Waals surface area (Å²) in [6.45, 7) is 0. The second-order valence-corrected chi connectivity index (χ2v) is 9.39. The number of amides is 1. The Morgan fingerprint density at radius 3 is 2.27 bits per heavy atom. The number of carbonyl (C=O) groups excluding carboxylic acids is 1. The molecule has 6 aromatic rings. The average Bonchev–Trinajstić information content (AvgIpc) is 3.42. The summed E-state index contributed by atoms with van der Waals surface area (Å²) in [5.41, 5.74) is 3.63. The van der Waals surface area contributed by atoms with Crippen LogP contribution in [0.1, 0.15) is 10.4 Å². The number of benzene rings is 4. The van der Waals surface area contributed by atoms with E-state index in [2.05, 4.69) is 15.5 Å². The second kappa shape index (κ2) is 10.5. The first-order valence-electron chi connectivity index (χ1n) is 12.8. The molecule has 6 rings (SSSR count). The summed E-state index contributed by atoms with van der Waals surface area (Å²) in [7, 11) is 5.32. The first-order valence-corrected chi connectivity index (χ1v) is 12.8. The number of hydrogen-bond donors (Lipinski definition) is 1. The summed E-state index contributed by atoms with van der Waals surface area (Å²) in [6, 6.07) is 32.5. The lowest BCUT2D eigenvalue weighted by molar-refractivity contribution is 0.0930. The second-order valence-electron chi connectivity index (χ2n) is 9.39. The van der Waals surface area contributed by atoms with E-state index in [9.17, 15) is 4.79 Å². The summed E-state index contributed by atoms with van der Waals surface area (Å²) >= 11 is 0. The highest BCUT2D eigenvalue weighted by atomic mass is 16.5. The molecule has 4 aromatic carbocycles. The van der Waals surface area contributed by atoms with Gasteiger partial charge in [0, 0.05) is 41.7 Å². The van der Waals surface area contributed by atoms with Gasteiger partial charge in [-0.3, -0.25) is 4.79 Å². The van der Waals surface area contributed by atoms with E-state index in [0.29, 0.717) is 22.9 Å². The molecule has 0 fully saturated rings. The molecule has 0 aliphatic carbocycles. The van der Waals surface area contributed by atoms with Crippen LogP contribution in [0.25, 0.3) is 27.8 Å². The third-order valence-corrected chi connectivity index (χ3v) is 6.58. The van der Waals surface area contributed by atoms with Crippen molar-refractivity contribution < 1.29 is 9.53 Å². The topological polar surface area (TPSA) is 87.9 Å². The molecule has 1 N–H and O–H groups in total. The fourth-order valence-electron chi connectivity index (χ4n) is 4.68. The van der Waals surface area contributed by atoms with E-state index in [4.69, 9.17) is 9.84 Å². The van der Waals surface area contributed by atoms with Crippen LogP contribution in [0.4, 0.5) is 17.2 Å². The molecule has 0 bridgehead atoms. The summed E-state index contributed by atoms with van der Waals surface area (Å²) in [5.74, 6) is 1.89. The summed E-state index contributed by atoms with van der Waals surface area (Å²) in [4.78, 5) is 13.4. The Morgan fingerprint density at radius 1 is 0.825 bits per heavy atom. The maximum Gasteiger partial charge on any atom is 0.272 e. The van der Waals surface area contributed by atoms with Gasteiger partial charge in [0.05, 0.1) is 12.8 Å². The van der Waals surface area contributed by atoms with Crippen molar-refractivity contribution >= 4 is 39.5 Å². The number of carbonyl (C=O) groups is 1. The van der Waals surface area contributed by atoms with Crippen LogP contribution in [0.2, 0.25) is 0 Å². The van der Waals surface area contributed by atoms with Gasteiger partial charge in [-0.15, -0.1) is 15.3 Å². The summed E-state index contributed by atoms with van der Waals surface area (Å²) < 4.78 is 7.05. The van der Waals surface area contributed by atoms with Gasteiger partial charge in [-0.2, -0.15) is 4.52 Å². The number of nitrogens with one attached hydrogen (secondary N) is 1. The average molecular weight is 530 g/mol. The minimum absolute atomic E-state index is 0.124. The third kappa shape index (κ3) is 4.59. The van der Waals surface area contributed by atoms with Crippen LogP contribution in [-0.4, -0.2) is 51.9 Å². The summed E-state index contributed by atoms with van der Waals surface area (Å²) in [5, 5.41) is 22.5. The predicted molar refractivity (Wildman–Crippen MR) is 157 cm³/mol. The van der Waals surface area contributed by atoms with Crippen LogP contribution in [0.15, 0.2) is 103 Å². The molecule has 0 spiro atoms. The standard InChI is InChI=1S/C31H27N7O2/c1-36(2)38(31(39)22-10-5-4-6-11-22)24-13-9-12-23(20-24)32-28-26-14-7-8-15-27(26)30-34-33-29(37(30)35-28)21-16-18-25(40-3)19-17-21/h4-20H,1-3H3,(H,32,35). The van der Waals surface area contributed by atoms with Crippen LogP contribution in [-0.2, 0) is 0 Å². The van der Waals surface area contributed by atoms with Crippen molar-refractivity contribution in [3.63, 3.8) is 0 Å². The smallest absolute Gasteiger partial charge is 0.272 e. The van der Waals surface area contributed by atoms with Crippen LogP contribution in [0, 0.1) is 0 Å². The van der Waals surface area contributed by atoms with Crippen LogP contribution >= 0.6 is 0 Å². The van der Waals surface area contributed by atoms with Crippen molar-refractivity contribution in [1.82, 2.24) is 24.8 Å². The quantitative estimate of drug-likeness (QED) is 0.261. The number of aromatic nitrogens is 4. The van der Waals surface area contributed by atoms with E-state index in [1.54, 1.807) is 21.6 Å². The van der Waals surface area contributed by atoms with Crippen molar-refractivity contribution in [2.24, 2.45) is 0 Å².